The molecule has 0 unspecified atom stereocenters. The van der Waals surface area contributed by atoms with Gasteiger partial charge < -0.3 is 5.43 Å². The number of anilines is 1. The third kappa shape index (κ3) is 2.50. The van der Waals surface area contributed by atoms with E-state index in [9.17, 15) is 8.42 Å². The summed E-state index contributed by atoms with van der Waals surface area (Å²) in [5.74, 6) is 5.34. The number of hydrazine groups is 1. The van der Waals surface area contributed by atoms with E-state index >= 15 is 0 Å². The first-order valence-corrected chi connectivity index (χ1v) is 7.38. The molecule has 0 amide bonds. The molecule has 0 aromatic heterocycles. The molecule has 1 saturated carbocycles. The van der Waals surface area contributed by atoms with Crippen molar-refractivity contribution in [2.45, 2.75) is 44.0 Å². The number of rotatable bonds is 4. The minimum absolute atomic E-state index is 0.261. The van der Waals surface area contributed by atoms with Crippen LogP contribution < -0.4 is 16.0 Å². The highest BCUT2D eigenvalue weighted by Gasteiger charge is 2.41. The van der Waals surface area contributed by atoms with Crippen LogP contribution >= 0.6 is 0 Å². The fourth-order valence-corrected chi connectivity index (χ4v) is 4.04. The molecule has 0 atom stereocenters. The second kappa shape index (κ2) is 4.22. The lowest BCUT2D eigenvalue weighted by atomic mass is 10.1. The summed E-state index contributed by atoms with van der Waals surface area (Å²) in [6.45, 7) is 5.47. The van der Waals surface area contributed by atoms with Crippen LogP contribution in [0.3, 0.4) is 0 Å². The summed E-state index contributed by atoms with van der Waals surface area (Å²) >= 11 is 0. The molecule has 2 rings (SSSR count). The number of nitrogens with one attached hydrogen (secondary N) is 2. The lowest BCUT2D eigenvalue weighted by molar-refractivity contribution is 0.557. The standard InChI is InChI=1S/C12H19N3O2S/c1-8-6-10(14-13)7-9(2)11(8)18(16,17)15-12(3)4-5-12/h6-7,14-15H,4-5,13H2,1-3H3. The van der Waals surface area contributed by atoms with Crippen LogP contribution in [0.15, 0.2) is 17.0 Å². The molecule has 0 radical (unpaired) electrons. The maximum absolute atomic E-state index is 12.4. The molecule has 5 nitrogen and oxygen atoms in total. The molecule has 4 N–H and O–H groups in total. The number of sulfonamides is 1. The fourth-order valence-electron chi connectivity index (χ4n) is 2.12. The Morgan fingerprint density at radius 1 is 1.22 bits per heavy atom. The van der Waals surface area contributed by atoms with Crippen LogP contribution in [-0.2, 0) is 10.0 Å². The second-order valence-corrected chi connectivity index (χ2v) is 6.87. The Labute approximate surface area is 108 Å². The van der Waals surface area contributed by atoms with Crippen molar-refractivity contribution in [1.82, 2.24) is 4.72 Å². The minimum atomic E-state index is -3.46. The monoisotopic (exact) mass is 269 g/mol. The number of hydrogen-bond acceptors (Lipinski definition) is 4. The van der Waals surface area contributed by atoms with Crippen LogP contribution in [0.2, 0.25) is 0 Å². The van der Waals surface area contributed by atoms with Gasteiger partial charge in [-0.05, 0) is 56.9 Å². The van der Waals surface area contributed by atoms with E-state index in [1.807, 2.05) is 6.92 Å². The zero-order valence-corrected chi connectivity index (χ0v) is 11.7. The Balaban J connectivity index is 2.44. The Bertz CT molecular complexity index is 554. The van der Waals surface area contributed by atoms with Gasteiger partial charge in [-0.2, -0.15) is 0 Å². The third-order valence-electron chi connectivity index (χ3n) is 3.28. The number of nitrogen functional groups attached to an aromatic ring is 1. The lowest BCUT2D eigenvalue weighted by Gasteiger charge is -2.17. The number of nitrogens with two attached hydrogens (primary N) is 1. The summed E-state index contributed by atoms with van der Waals surface area (Å²) in [6, 6.07) is 3.47. The highest BCUT2D eigenvalue weighted by atomic mass is 32.2. The molecule has 1 aliphatic rings. The van der Waals surface area contributed by atoms with Gasteiger partial charge in [0.2, 0.25) is 10.0 Å². The highest BCUT2D eigenvalue weighted by molar-refractivity contribution is 7.89. The highest BCUT2D eigenvalue weighted by Crippen LogP contribution is 2.36. The van der Waals surface area contributed by atoms with Crippen LogP contribution in [0.1, 0.15) is 30.9 Å². The third-order valence-corrected chi connectivity index (χ3v) is 5.22. The number of hydrogen-bond donors (Lipinski definition) is 3. The quantitative estimate of drug-likeness (QED) is 0.570. The van der Waals surface area contributed by atoms with E-state index in [4.69, 9.17) is 5.84 Å². The molecular formula is C12H19N3O2S. The van der Waals surface area contributed by atoms with E-state index in [2.05, 4.69) is 10.1 Å². The molecule has 1 aliphatic carbocycles. The summed E-state index contributed by atoms with van der Waals surface area (Å²) in [7, 11) is -3.46. The molecule has 0 bridgehead atoms. The van der Waals surface area contributed by atoms with Crippen LogP contribution in [-0.4, -0.2) is 14.0 Å². The molecular weight excluding hydrogens is 250 g/mol. The largest absolute Gasteiger partial charge is 0.324 e. The molecule has 0 saturated heterocycles. The van der Waals surface area contributed by atoms with Crippen molar-refractivity contribution in [2.75, 3.05) is 5.43 Å². The number of aryl methyl sites for hydroxylation is 2. The van der Waals surface area contributed by atoms with Gasteiger partial charge in [0.05, 0.1) is 4.90 Å². The van der Waals surface area contributed by atoms with Gasteiger partial charge in [-0.1, -0.05) is 0 Å². The van der Waals surface area contributed by atoms with Gasteiger partial charge in [0.15, 0.2) is 0 Å². The number of benzene rings is 1. The van der Waals surface area contributed by atoms with Gasteiger partial charge >= 0.3 is 0 Å². The Kier molecular flexibility index (Phi) is 3.12. The molecule has 18 heavy (non-hydrogen) atoms. The molecule has 100 valence electrons. The van der Waals surface area contributed by atoms with Crippen molar-refractivity contribution in [3.63, 3.8) is 0 Å². The van der Waals surface area contributed by atoms with Crippen molar-refractivity contribution < 1.29 is 8.42 Å². The zero-order valence-electron chi connectivity index (χ0n) is 10.9. The predicted octanol–water partition coefficient (Wildman–Crippen LogP) is 1.42. The first-order chi connectivity index (χ1) is 8.27. The van der Waals surface area contributed by atoms with Gasteiger partial charge in [-0.15, -0.1) is 0 Å². The molecule has 6 heteroatoms. The second-order valence-electron chi connectivity index (χ2n) is 5.25. The first kappa shape index (κ1) is 13.3. The van der Waals surface area contributed by atoms with Gasteiger partial charge in [0.1, 0.15) is 0 Å². The molecule has 0 heterocycles. The molecule has 0 aliphatic heterocycles. The average Bonchev–Trinajstić information content (AvgIpc) is 2.92. The first-order valence-electron chi connectivity index (χ1n) is 5.89. The average molecular weight is 269 g/mol. The van der Waals surface area contributed by atoms with Gasteiger partial charge in [0, 0.05) is 11.2 Å². The topological polar surface area (TPSA) is 84.2 Å². The van der Waals surface area contributed by atoms with Crippen LogP contribution in [0.25, 0.3) is 0 Å². The van der Waals surface area contributed by atoms with Crippen molar-refractivity contribution in [2.24, 2.45) is 5.84 Å². The van der Waals surface area contributed by atoms with E-state index in [1.165, 1.54) is 0 Å². The van der Waals surface area contributed by atoms with E-state index in [1.54, 1.807) is 26.0 Å². The molecule has 1 fully saturated rings. The van der Waals surface area contributed by atoms with Crippen LogP contribution in [0, 0.1) is 13.8 Å². The van der Waals surface area contributed by atoms with Crippen molar-refractivity contribution in [3.05, 3.63) is 23.3 Å². The molecule has 1 aromatic rings. The maximum atomic E-state index is 12.4. The summed E-state index contributed by atoms with van der Waals surface area (Å²) in [5, 5.41) is 0. The SMILES string of the molecule is Cc1cc(NN)cc(C)c1S(=O)(=O)NC1(C)CC1. The van der Waals surface area contributed by atoms with Crippen LogP contribution in [0.4, 0.5) is 5.69 Å². The van der Waals surface area contributed by atoms with E-state index < -0.39 is 10.0 Å². The normalized spacial score (nSPS) is 17.6. The lowest BCUT2D eigenvalue weighted by Crippen LogP contribution is -2.35. The Morgan fingerprint density at radius 2 is 1.72 bits per heavy atom. The van der Waals surface area contributed by atoms with E-state index in [-0.39, 0.29) is 5.54 Å². The predicted molar refractivity (Wildman–Crippen MR) is 71.7 cm³/mol. The van der Waals surface area contributed by atoms with E-state index in [0.717, 1.165) is 12.8 Å². The van der Waals surface area contributed by atoms with Crippen molar-refractivity contribution in [3.8, 4) is 0 Å². The zero-order chi connectivity index (χ0) is 13.6. The van der Waals surface area contributed by atoms with Crippen molar-refractivity contribution in [1.29, 1.82) is 0 Å². The Morgan fingerprint density at radius 3 is 2.11 bits per heavy atom. The Hall–Kier alpha value is -1.11. The van der Waals surface area contributed by atoms with Crippen LogP contribution in [0.5, 0.6) is 0 Å². The van der Waals surface area contributed by atoms with Crippen molar-refractivity contribution >= 4 is 15.7 Å². The fraction of sp³-hybridized carbons (Fsp3) is 0.500. The van der Waals surface area contributed by atoms with Gasteiger partial charge in [-0.3, -0.25) is 5.84 Å². The van der Waals surface area contributed by atoms with Gasteiger partial charge in [0.25, 0.3) is 0 Å². The summed E-state index contributed by atoms with van der Waals surface area (Å²) in [5.41, 5.74) is 4.37. The summed E-state index contributed by atoms with van der Waals surface area (Å²) < 4.78 is 27.5. The smallest absolute Gasteiger partial charge is 0.241 e. The minimum Gasteiger partial charge on any atom is -0.324 e. The van der Waals surface area contributed by atoms with E-state index in [0.29, 0.717) is 21.7 Å². The summed E-state index contributed by atoms with van der Waals surface area (Å²) in [4.78, 5) is 0.356. The summed E-state index contributed by atoms with van der Waals surface area (Å²) in [6.07, 6.45) is 1.79. The molecule has 0 spiro atoms. The molecule has 1 aromatic carbocycles. The van der Waals surface area contributed by atoms with Gasteiger partial charge in [-0.25, -0.2) is 13.1 Å². The maximum Gasteiger partial charge on any atom is 0.241 e.